The second kappa shape index (κ2) is 6.35. The molecular formula is C16H23NO4. The van der Waals surface area contributed by atoms with E-state index in [2.05, 4.69) is 0 Å². The summed E-state index contributed by atoms with van der Waals surface area (Å²) in [4.78, 5) is 14.0. The maximum Gasteiger partial charge on any atom is 0.254 e. The monoisotopic (exact) mass is 293 g/mol. The predicted octanol–water partition coefficient (Wildman–Crippen LogP) is 2.08. The fourth-order valence-electron chi connectivity index (χ4n) is 2.40. The van der Waals surface area contributed by atoms with Crippen molar-refractivity contribution in [2.45, 2.75) is 32.8 Å². The van der Waals surface area contributed by atoms with Gasteiger partial charge in [-0.1, -0.05) is 6.92 Å². The van der Waals surface area contributed by atoms with Crippen LogP contribution in [0.25, 0.3) is 0 Å². The van der Waals surface area contributed by atoms with Crippen LogP contribution >= 0.6 is 0 Å². The first-order chi connectivity index (χ1) is 10.0. The molecular weight excluding hydrogens is 270 g/mol. The van der Waals surface area contributed by atoms with Crippen LogP contribution in [0.1, 0.15) is 37.6 Å². The molecule has 1 heterocycles. The first-order valence-corrected chi connectivity index (χ1v) is 7.44. The van der Waals surface area contributed by atoms with Gasteiger partial charge in [0.1, 0.15) is 0 Å². The van der Waals surface area contributed by atoms with Crippen LogP contribution in [0.5, 0.6) is 11.5 Å². The van der Waals surface area contributed by atoms with Crippen molar-refractivity contribution in [2.75, 3.05) is 26.3 Å². The van der Waals surface area contributed by atoms with Crippen molar-refractivity contribution in [3.8, 4) is 11.5 Å². The second-order valence-electron chi connectivity index (χ2n) is 5.27. The van der Waals surface area contributed by atoms with Crippen molar-refractivity contribution < 1.29 is 19.4 Å². The van der Waals surface area contributed by atoms with E-state index in [-0.39, 0.29) is 5.91 Å². The highest BCUT2D eigenvalue weighted by molar-refractivity contribution is 5.95. The molecule has 0 aliphatic carbocycles. The lowest BCUT2D eigenvalue weighted by molar-refractivity contribution is -0.0826. The van der Waals surface area contributed by atoms with Crippen LogP contribution in [0, 0.1) is 0 Å². The average Bonchev–Trinajstić information content (AvgIpc) is 2.45. The molecule has 1 saturated heterocycles. The van der Waals surface area contributed by atoms with E-state index in [1.807, 2.05) is 20.8 Å². The van der Waals surface area contributed by atoms with E-state index >= 15 is 0 Å². The van der Waals surface area contributed by atoms with Crippen molar-refractivity contribution in [2.24, 2.45) is 0 Å². The molecule has 0 radical (unpaired) electrons. The van der Waals surface area contributed by atoms with Gasteiger partial charge in [-0.3, -0.25) is 4.79 Å². The highest BCUT2D eigenvalue weighted by Crippen LogP contribution is 2.31. The third kappa shape index (κ3) is 3.29. The van der Waals surface area contributed by atoms with Crippen LogP contribution in [0.4, 0.5) is 0 Å². The van der Waals surface area contributed by atoms with Crippen LogP contribution in [0.15, 0.2) is 18.2 Å². The standard InChI is InChI=1S/C16H23NO4/c1-4-16(19)10-17(11-16)15(18)12-7-8-13(20-5-2)14(9-12)21-6-3/h7-9,19H,4-6,10-11H2,1-3H3. The van der Waals surface area contributed by atoms with E-state index in [4.69, 9.17) is 9.47 Å². The van der Waals surface area contributed by atoms with E-state index in [1.54, 1.807) is 23.1 Å². The topological polar surface area (TPSA) is 59.0 Å². The second-order valence-corrected chi connectivity index (χ2v) is 5.27. The highest BCUT2D eigenvalue weighted by Gasteiger charge is 2.42. The zero-order chi connectivity index (χ0) is 15.5. The van der Waals surface area contributed by atoms with Gasteiger partial charge in [0, 0.05) is 5.56 Å². The van der Waals surface area contributed by atoms with Gasteiger partial charge >= 0.3 is 0 Å². The van der Waals surface area contributed by atoms with Gasteiger partial charge in [0.15, 0.2) is 11.5 Å². The summed E-state index contributed by atoms with van der Waals surface area (Å²) < 4.78 is 11.0. The number of ether oxygens (including phenoxy) is 2. The van der Waals surface area contributed by atoms with Crippen molar-refractivity contribution in [3.63, 3.8) is 0 Å². The minimum Gasteiger partial charge on any atom is -0.490 e. The lowest BCUT2D eigenvalue weighted by Gasteiger charge is -2.46. The molecule has 0 saturated carbocycles. The molecule has 0 unspecified atom stereocenters. The molecule has 5 nitrogen and oxygen atoms in total. The van der Waals surface area contributed by atoms with E-state index in [9.17, 15) is 9.90 Å². The Morgan fingerprint density at radius 3 is 2.38 bits per heavy atom. The van der Waals surface area contributed by atoms with Gasteiger partial charge in [-0.2, -0.15) is 0 Å². The largest absolute Gasteiger partial charge is 0.490 e. The van der Waals surface area contributed by atoms with Crippen LogP contribution in [-0.2, 0) is 0 Å². The molecule has 2 rings (SSSR count). The molecule has 1 fully saturated rings. The zero-order valence-electron chi connectivity index (χ0n) is 12.9. The van der Waals surface area contributed by atoms with Crippen LogP contribution < -0.4 is 9.47 Å². The molecule has 0 spiro atoms. The predicted molar refractivity (Wildman–Crippen MR) is 79.9 cm³/mol. The maximum absolute atomic E-state index is 12.4. The molecule has 116 valence electrons. The third-order valence-electron chi connectivity index (χ3n) is 3.71. The van der Waals surface area contributed by atoms with Crippen molar-refractivity contribution >= 4 is 5.91 Å². The van der Waals surface area contributed by atoms with E-state index in [1.165, 1.54) is 0 Å². The number of likely N-dealkylation sites (tertiary alicyclic amines) is 1. The Labute approximate surface area is 125 Å². The van der Waals surface area contributed by atoms with Gasteiger partial charge in [0.05, 0.1) is 31.9 Å². The summed E-state index contributed by atoms with van der Waals surface area (Å²) in [7, 11) is 0. The minimum absolute atomic E-state index is 0.0860. The Morgan fingerprint density at radius 1 is 1.19 bits per heavy atom. The Balaban J connectivity index is 2.13. The SMILES string of the molecule is CCOc1ccc(C(=O)N2CC(O)(CC)C2)cc1OCC. The normalized spacial score (nSPS) is 16.3. The zero-order valence-corrected chi connectivity index (χ0v) is 12.9. The number of rotatable bonds is 6. The molecule has 1 aromatic rings. The van der Waals surface area contributed by atoms with Gasteiger partial charge in [-0.15, -0.1) is 0 Å². The summed E-state index contributed by atoms with van der Waals surface area (Å²) in [5.74, 6) is 1.14. The Kier molecular flexibility index (Phi) is 4.73. The molecule has 0 atom stereocenters. The maximum atomic E-state index is 12.4. The van der Waals surface area contributed by atoms with E-state index in [0.717, 1.165) is 0 Å². The summed E-state index contributed by atoms with van der Waals surface area (Å²) in [6.07, 6.45) is 0.657. The number of nitrogens with zero attached hydrogens (tertiary/aromatic N) is 1. The minimum atomic E-state index is -0.719. The molecule has 5 heteroatoms. The number of hydrogen-bond acceptors (Lipinski definition) is 4. The molecule has 21 heavy (non-hydrogen) atoms. The van der Waals surface area contributed by atoms with Gasteiger partial charge in [-0.05, 0) is 38.5 Å². The van der Waals surface area contributed by atoms with Crippen LogP contribution in [0.3, 0.4) is 0 Å². The summed E-state index contributed by atoms with van der Waals surface area (Å²) in [5.41, 5.74) is -0.163. The average molecular weight is 293 g/mol. The number of hydrogen-bond donors (Lipinski definition) is 1. The molecule has 0 bridgehead atoms. The highest BCUT2D eigenvalue weighted by atomic mass is 16.5. The molecule has 0 aromatic heterocycles. The quantitative estimate of drug-likeness (QED) is 0.872. The summed E-state index contributed by atoms with van der Waals surface area (Å²) in [5, 5.41) is 10.00. The molecule has 1 aliphatic heterocycles. The molecule has 1 aliphatic rings. The fourth-order valence-corrected chi connectivity index (χ4v) is 2.40. The number of carbonyl (C=O) groups excluding carboxylic acids is 1. The summed E-state index contributed by atoms with van der Waals surface area (Å²) in [6.45, 7) is 7.55. The van der Waals surface area contributed by atoms with Crippen molar-refractivity contribution in [3.05, 3.63) is 23.8 Å². The Morgan fingerprint density at radius 2 is 1.81 bits per heavy atom. The summed E-state index contributed by atoms with van der Waals surface area (Å²) in [6, 6.07) is 5.20. The van der Waals surface area contributed by atoms with Gasteiger partial charge in [-0.25, -0.2) is 0 Å². The first kappa shape index (κ1) is 15.6. The first-order valence-electron chi connectivity index (χ1n) is 7.44. The lowest BCUT2D eigenvalue weighted by atomic mass is 9.90. The Bertz CT molecular complexity index is 509. The molecule has 1 aromatic carbocycles. The fraction of sp³-hybridized carbons (Fsp3) is 0.562. The summed E-state index contributed by atoms with van der Waals surface area (Å²) >= 11 is 0. The number of aliphatic hydroxyl groups is 1. The van der Waals surface area contributed by atoms with Crippen LogP contribution in [0.2, 0.25) is 0 Å². The van der Waals surface area contributed by atoms with Gasteiger partial charge in [0.2, 0.25) is 0 Å². The van der Waals surface area contributed by atoms with Crippen molar-refractivity contribution in [1.29, 1.82) is 0 Å². The number of amides is 1. The van der Waals surface area contributed by atoms with E-state index < -0.39 is 5.60 Å². The number of β-amino-alcohol motifs (C(OH)–C–C–N with tert-alkyl or cyclic N) is 1. The smallest absolute Gasteiger partial charge is 0.254 e. The Hall–Kier alpha value is -1.75. The van der Waals surface area contributed by atoms with Crippen molar-refractivity contribution in [1.82, 2.24) is 4.90 Å². The third-order valence-corrected chi connectivity index (χ3v) is 3.71. The van der Waals surface area contributed by atoms with E-state index in [0.29, 0.717) is 49.8 Å². The lowest BCUT2D eigenvalue weighted by Crippen LogP contribution is -2.63. The molecule has 1 amide bonds. The van der Waals surface area contributed by atoms with Gasteiger partial charge in [0.25, 0.3) is 5.91 Å². The van der Waals surface area contributed by atoms with Gasteiger partial charge < -0.3 is 19.5 Å². The van der Waals surface area contributed by atoms with Crippen LogP contribution in [-0.4, -0.2) is 47.8 Å². The number of carbonyl (C=O) groups is 1. The number of benzene rings is 1. The molecule has 1 N–H and O–H groups in total.